The molecule has 2 saturated heterocycles. The first-order valence-corrected chi connectivity index (χ1v) is 18.7. The lowest BCUT2D eigenvalue weighted by Gasteiger charge is -2.28. The summed E-state index contributed by atoms with van der Waals surface area (Å²) in [6, 6.07) is 15.2. The molecule has 0 radical (unpaired) electrons. The van der Waals surface area contributed by atoms with E-state index in [0.717, 1.165) is 97.6 Å². The molecule has 276 valence electrons. The Morgan fingerprint density at radius 1 is 0.846 bits per heavy atom. The number of hydrogen-bond acceptors (Lipinski definition) is 10. The average molecular weight is 815 g/mol. The molecule has 0 saturated carbocycles. The Balaban J connectivity index is 0.000000165. The summed E-state index contributed by atoms with van der Waals surface area (Å²) in [4.78, 5) is 24.7. The van der Waals surface area contributed by atoms with Crippen molar-refractivity contribution in [3.05, 3.63) is 105 Å². The molecule has 2 aromatic carbocycles. The highest BCUT2D eigenvalue weighted by Gasteiger charge is 2.16. The fourth-order valence-electron chi connectivity index (χ4n) is 5.89. The monoisotopic (exact) mass is 812 g/mol. The van der Waals surface area contributed by atoms with E-state index in [4.69, 9.17) is 48.5 Å². The summed E-state index contributed by atoms with van der Waals surface area (Å²) in [7, 11) is 0. The number of Topliss-reactive ketones (excluding diaryl/α,β-unsaturated/α-hetero) is 1. The normalized spacial score (nSPS) is 14.4. The molecule has 3 aromatic heterocycles. The number of hydrogen-bond donors (Lipinski definition) is 3. The molecule has 4 N–H and O–H groups in total. The summed E-state index contributed by atoms with van der Waals surface area (Å²) in [6.07, 6.45) is 5.73. The number of benzene rings is 2. The van der Waals surface area contributed by atoms with Gasteiger partial charge in [0.1, 0.15) is 11.5 Å². The van der Waals surface area contributed by atoms with Crippen LogP contribution in [0.5, 0.6) is 0 Å². The molecule has 0 atom stereocenters. The number of fused-ring (bicyclic) bond motifs is 1. The highest BCUT2D eigenvalue weighted by molar-refractivity contribution is 9.09. The summed E-state index contributed by atoms with van der Waals surface area (Å²) in [5.41, 5.74) is 14.2. The molecular formula is C38H43BrCl2N6O5. The molecule has 14 heteroatoms. The second kappa shape index (κ2) is 18.8. The Morgan fingerprint density at radius 2 is 1.42 bits per heavy atom. The zero-order valence-corrected chi connectivity index (χ0v) is 32.3. The third kappa shape index (κ3) is 10.0. The Kier molecular flexibility index (Phi) is 14.3. The number of aryl methyl sites for hydroxylation is 2. The van der Waals surface area contributed by atoms with Crippen LogP contribution in [0.3, 0.4) is 0 Å². The van der Waals surface area contributed by atoms with Crippen LogP contribution >= 0.6 is 39.1 Å². The second-order valence-corrected chi connectivity index (χ2v) is 13.7. The predicted octanol–water partition coefficient (Wildman–Crippen LogP) is 6.51. The zero-order valence-electron chi connectivity index (χ0n) is 29.2. The Labute approximate surface area is 322 Å². The molecular weight excluding hydrogens is 771 g/mol. The van der Waals surface area contributed by atoms with Gasteiger partial charge in [0.05, 0.1) is 50.7 Å². The summed E-state index contributed by atoms with van der Waals surface area (Å²) in [5.74, 6) is 0.500. The van der Waals surface area contributed by atoms with Crippen molar-refractivity contribution in [3.63, 3.8) is 0 Å². The minimum absolute atomic E-state index is 0.0414. The number of aliphatic hydroxyl groups is 2. The van der Waals surface area contributed by atoms with E-state index in [-0.39, 0.29) is 24.3 Å². The molecule has 5 aromatic rings. The molecule has 7 rings (SSSR count). The summed E-state index contributed by atoms with van der Waals surface area (Å²) in [5, 5.41) is 20.2. The van der Waals surface area contributed by atoms with Gasteiger partial charge in [0.15, 0.2) is 5.78 Å². The predicted molar refractivity (Wildman–Crippen MR) is 211 cm³/mol. The largest absolute Gasteiger partial charge is 0.392 e. The van der Waals surface area contributed by atoms with Gasteiger partial charge < -0.3 is 39.6 Å². The fraction of sp³-hybridized carbons (Fsp3) is 0.342. The number of anilines is 3. The van der Waals surface area contributed by atoms with Crippen LogP contribution in [0.1, 0.15) is 32.6 Å². The second-order valence-electron chi connectivity index (χ2n) is 12.3. The number of aromatic nitrogens is 3. The number of nitrogens with zero attached hydrogens (tertiary/aromatic N) is 5. The van der Waals surface area contributed by atoms with E-state index in [1.54, 1.807) is 18.3 Å². The lowest BCUT2D eigenvalue weighted by Crippen LogP contribution is -2.36. The number of pyridine rings is 2. The smallest absolute Gasteiger partial charge is 0.173 e. The lowest BCUT2D eigenvalue weighted by molar-refractivity contribution is 0.102. The van der Waals surface area contributed by atoms with Crippen LogP contribution in [0.25, 0.3) is 16.9 Å². The van der Waals surface area contributed by atoms with Gasteiger partial charge in [-0.3, -0.25) is 4.79 Å². The molecule has 5 heterocycles. The van der Waals surface area contributed by atoms with Crippen LogP contribution in [0, 0.1) is 13.8 Å². The van der Waals surface area contributed by atoms with Gasteiger partial charge in [-0.05, 0) is 60.4 Å². The van der Waals surface area contributed by atoms with Crippen molar-refractivity contribution in [1.29, 1.82) is 0 Å². The van der Waals surface area contributed by atoms with Crippen molar-refractivity contribution in [3.8, 4) is 11.3 Å². The first-order chi connectivity index (χ1) is 25.1. The van der Waals surface area contributed by atoms with Gasteiger partial charge in [0.25, 0.3) is 0 Å². The standard InChI is InChI=1S/C19H20ClN3O2.C10H10BrClO2.C9H13N3O/c1-13-8-14(12-24)16(10-17(13)20)18-11-23-3-2-15(9-19(23)21-18)22-4-6-25-7-5-22;1-6-2-7(5-13)8(3-9(6)12)10(14)4-11;10-9-7-8(1-2-11-9)12-3-5-13-6-4-12/h2-3,8-11,24H,4-7,12H2,1H3;2-3,13H,4-5H2,1H3;1-2,7H,3-6H2,(H2,10,11). The third-order valence-electron chi connectivity index (χ3n) is 8.77. The van der Waals surface area contributed by atoms with Gasteiger partial charge >= 0.3 is 0 Å². The highest BCUT2D eigenvalue weighted by Crippen LogP contribution is 2.30. The van der Waals surface area contributed by atoms with E-state index < -0.39 is 0 Å². The number of aliphatic hydroxyl groups excluding tert-OH is 2. The summed E-state index contributed by atoms with van der Waals surface area (Å²) >= 11 is 15.3. The minimum Gasteiger partial charge on any atom is -0.392 e. The topological polar surface area (TPSA) is 139 Å². The van der Waals surface area contributed by atoms with Crippen molar-refractivity contribution in [2.24, 2.45) is 0 Å². The number of nitrogen functional groups attached to an aromatic ring is 1. The number of carbonyl (C=O) groups is 1. The number of morpholine rings is 2. The van der Waals surface area contributed by atoms with Gasteiger partial charge in [-0.25, -0.2) is 9.97 Å². The van der Waals surface area contributed by atoms with Crippen LogP contribution in [-0.2, 0) is 22.7 Å². The molecule has 0 spiro atoms. The third-order valence-corrected chi connectivity index (χ3v) is 10.1. The van der Waals surface area contributed by atoms with Crippen molar-refractivity contribution in [1.82, 2.24) is 14.4 Å². The first-order valence-electron chi connectivity index (χ1n) is 16.9. The van der Waals surface area contributed by atoms with E-state index >= 15 is 0 Å². The number of nitrogens with two attached hydrogens (primary N) is 1. The van der Waals surface area contributed by atoms with Crippen molar-refractivity contribution in [2.75, 3.05) is 73.5 Å². The van der Waals surface area contributed by atoms with Crippen LogP contribution in [0.2, 0.25) is 10.0 Å². The SMILES string of the molecule is Cc1cc(CO)c(-c2cn3ccc(N4CCOCC4)cc3n2)cc1Cl.Cc1cc(CO)c(C(=O)CBr)cc1Cl.Nc1cc(N2CCOCC2)ccn1. The molecule has 2 fully saturated rings. The molecule has 2 aliphatic rings. The van der Waals surface area contributed by atoms with Gasteiger partial charge in [-0.15, -0.1) is 0 Å². The zero-order chi connectivity index (χ0) is 37.2. The quantitative estimate of drug-likeness (QED) is 0.123. The van der Waals surface area contributed by atoms with Gasteiger partial charge in [0.2, 0.25) is 0 Å². The Hall–Kier alpha value is -3.75. The van der Waals surface area contributed by atoms with E-state index in [9.17, 15) is 9.90 Å². The van der Waals surface area contributed by atoms with Crippen LogP contribution < -0.4 is 15.5 Å². The van der Waals surface area contributed by atoms with Crippen molar-refractivity contribution < 1.29 is 24.5 Å². The van der Waals surface area contributed by atoms with E-state index in [1.165, 1.54) is 0 Å². The van der Waals surface area contributed by atoms with Gasteiger partial charge in [0, 0.05) is 89.4 Å². The van der Waals surface area contributed by atoms with Crippen LogP contribution in [0.15, 0.2) is 67.1 Å². The maximum atomic E-state index is 11.4. The maximum Gasteiger partial charge on any atom is 0.173 e. The van der Waals surface area contributed by atoms with Gasteiger partial charge in [-0.1, -0.05) is 51.3 Å². The highest BCUT2D eigenvalue weighted by atomic mass is 79.9. The first kappa shape index (κ1) is 39.5. The van der Waals surface area contributed by atoms with Crippen LogP contribution in [-0.4, -0.2) is 88.3 Å². The number of halogens is 3. The minimum atomic E-state index is -0.147. The number of alkyl halides is 1. The van der Waals surface area contributed by atoms with Crippen molar-refractivity contribution >= 4 is 67.8 Å². The molecule has 0 bridgehead atoms. The molecule has 52 heavy (non-hydrogen) atoms. The summed E-state index contributed by atoms with van der Waals surface area (Å²) < 4.78 is 12.7. The summed E-state index contributed by atoms with van der Waals surface area (Å²) in [6.45, 7) is 10.3. The van der Waals surface area contributed by atoms with E-state index in [1.807, 2.05) is 54.9 Å². The Bertz CT molecular complexity index is 1980. The number of ether oxygens (including phenoxy) is 2. The number of carbonyl (C=O) groups excluding carboxylic acids is 1. The van der Waals surface area contributed by atoms with Gasteiger partial charge in [-0.2, -0.15) is 0 Å². The van der Waals surface area contributed by atoms with E-state index in [2.05, 4.69) is 42.8 Å². The number of imidazole rings is 1. The van der Waals surface area contributed by atoms with E-state index in [0.29, 0.717) is 27.0 Å². The Morgan fingerprint density at radius 3 is 2.00 bits per heavy atom. The molecule has 0 unspecified atom stereocenters. The molecule has 11 nitrogen and oxygen atoms in total. The lowest BCUT2D eigenvalue weighted by atomic mass is 10.0. The maximum absolute atomic E-state index is 11.4. The molecule has 0 aliphatic carbocycles. The number of ketones is 1. The average Bonchev–Trinajstić information content (AvgIpc) is 3.61. The van der Waals surface area contributed by atoms with Crippen molar-refractivity contribution in [2.45, 2.75) is 27.1 Å². The molecule has 2 aliphatic heterocycles. The molecule has 0 amide bonds. The van der Waals surface area contributed by atoms with Crippen LogP contribution in [0.4, 0.5) is 17.2 Å². The fourth-order valence-corrected chi connectivity index (χ4v) is 6.52. The number of rotatable bonds is 7.